The van der Waals surface area contributed by atoms with Gasteiger partial charge >= 0.3 is 5.97 Å². The van der Waals surface area contributed by atoms with Crippen molar-refractivity contribution in [3.8, 4) is 0 Å². The minimum Gasteiger partial charge on any atom is -0.481 e. The number of aryl methyl sites for hydroxylation is 3. The summed E-state index contributed by atoms with van der Waals surface area (Å²) in [5.74, 6) is -0.760. The zero-order valence-corrected chi connectivity index (χ0v) is 12.9. The van der Waals surface area contributed by atoms with Crippen LogP contribution in [0.25, 0.3) is 0 Å². The first kappa shape index (κ1) is 16.7. The summed E-state index contributed by atoms with van der Waals surface area (Å²) in [4.78, 5) is 11.0. The van der Waals surface area contributed by atoms with Gasteiger partial charge in [-0.1, -0.05) is 37.1 Å². The second-order valence-corrected chi connectivity index (χ2v) is 5.93. The summed E-state index contributed by atoms with van der Waals surface area (Å²) >= 11 is 0. The van der Waals surface area contributed by atoms with Gasteiger partial charge < -0.3 is 10.8 Å². The molecule has 0 saturated carbocycles. The lowest BCUT2D eigenvalue weighted by molar-refractivity contribution is -0.141. The van der Waals surface area contributed by atoms with Gasteiger partial charge in [0.1, 0.15) is 0 Å². The van der Waals surface area contributed by atoms with E-state index < -0.39 is 11.9 Å². The van der Waals surface area contributed by atoms with E-state index in [9.17, 15) is 4.79 Å². The number of rotatable bonds is 8. The second-order valence-electron chi connectivity index (χ2n) is 5.93. The Morgan fingerprint density at radius 1 is 1.35 bits per heavy atom. The smallest absolute Gasteiger partial charge is 0.307 e. The average molecular weight is 277 g/mol. The van der Waals surface area contributed by atoms with Crippen LogP contribution in [0.15, 0.2) is 18.2 Å². The van der Waals surface area contributed by atoms with Crippen LogP contribution >= 0.6 is 0 Å². The van der Waals surface area contributed by atoms with Gasteiger partial charge in [0.05, 0.1) is 5.92 Å². The van der Waals surface area contributed by atoms with Gasteiger partial charge in [-0.25, -0.2) is 0 Å². The van der Waals surface area contributed by atoms with Crippen LogP contribution in [0.5, 0.6) is 0 Å². The van der Waals surface area contributed by atoms with Crippen LogP contribution < -0.4 is 5.73 Å². The number of carbonyl (C=O) groups is 1. The summed E-state index contributed by atoms with van der Waals surface area (Å²) in [5, 5.41) is 9.01. The van der Waals surface area contributed by atoms with Gasteiger partial charge in [-0.05, 0) is 50.2 Å². The van der Waals surface area contributed by atoms with Gasteiger partial charge in [-0.2, -0.15) is 0 Å². The lowest BCUT2D eigenvalue weighted by Crippen LogP contribution is -2.25. The van der Waals surface area contributed by atoms with E-state index in [1.54, 1.807) is 0 Å². The predicted octanol–water partition coefficient (Wildman–Crippen LogP) is 3.31. The van der Waals surface area contributed by atoms with Gasteiger partial charge in [-0.15, -0.1) is 0 Å². The van der Waals surface area contributed by atoms with Crippen LogP contribution in [-0.4, -0.2) is 17.6 Å². The predicted molar refractivity (Wildman–Crippen MR) is 82.8 cm³/mol. The van der Waals surface area contributed by atoms with Crippen LogP contribution in [-0.2, 0) is 11.2 Å². The quantitative estimate of drug-likeness (QED) is 0.766. The fraction of sp³-hybridized carbons (Fsp3) is 0.588. The van der Waals surface area contributed by atoms with E-state index in [1.165, 1.54) is 16.7 Å². The fourth-order valence-corrected chi connectivity index (χ4v) is 2.61. The summed E-state index contributed by atoms with van der Waals surface area (Å²) in [6, 6.07) is 6.56. The molecule has 0 fully saturated rings. The number of carboxylic acid groups (broad SMARTS) is 1. The lowest BCUT2D eigenvalue weighted by atomic mass is 9.90. The highest BCUT2D eigenvalue weighted by Gasteiger charge is 2.18. The number of nitrogens with two attached hydrogens (primary N) is 1. The zero-order chi connectivity index (χ0) is 15.1. The Balaban J connectivity index is 2.40. The second kappa shape index (κ2) is 8.05. The van der Waals surface area contributed by atoms with Gasteiger partial charge in [0.25, 0.3) is 0 Å². The van der Waals surface area contributed by atoms with Crippen molar-refractivity contribution in [2.45, 2.75) is 46.5 Å². The maximum Gasteiger partial charge on any atom is 0.307 e. The summed E-state index contributed by atoms with van der Waals surface area (Å²) in [6.07, 6.45) is 3.90. The van der Waals surface area contributed by atoms with Gasteiger partial charge in [-0.3, -0.25) is 4.79 Å². The van der Waals surface area contributed by atoms with Crippen LogP contribution in [0.3, 0.4) is 0 Å². The molecule has 20 heavy (non-hydrogen) atoms. The van der Waals surface area contributed by atoms with E-state index >= 15 is 0 Å². The van der Waals surface area contributed by atoms with Gasteiger partial charge in [0, 0.05) is 6.54 Å². The first-order chi connectivity index (χ1) is 9.43. The van der Waals surface area contributed by atoms with Crippen molar-refractivity contribution in [2.75, 3.05) is 6.54 Å². The molecule has 0 spiro atoms. The summed E-state index contributed by atoms with van der Waals surface area (Å²) in [6.45, 7) is 6.61. The molecular formula is C17H27NO2. The van der Waals surface area contributed by atoms with E-state index in [-0.39, 0.29) is 6.54 Å². The molecule has 0 heterocycles. The number of carboxylic acids is 1. The monoisotopic (exact) mass is 277 g/mol. The average Bonchev–Trinajstić information content (AvgIpc) is 2.39. The van der Waals surface area contributed by atoms with E-state index in [0.717, 1.165) is 19.3 Å². The molecule has 1 aromatic rings. The maximum atomic E-state index is 11.0. The van der Waals surface area contributed by atoms with Crippen molar-refractivity contribution >= 4 is 5.97 Å². The normalized spacial score (nSPS) is 14.0. The van der Waals surface area contributed by atoms with E-state index in [1.807, 2.05) is 0 Å². The molecule has 1 aromatic carbocycles. The van der Waals surface area contributed by atoms with Crippen molar-refractivity contribution in [2.24, 2.45) is 17.6 Å². The summed E-state index contributed by atoms with van der Waals surface area (Å²) < 4.78 is 0. The van der Waals surface area contributed by atoms with E-state index in [2.05, 4.69) is 39.0 Å². The summed E-state index contributed by atoms with van der Waals surface area (Å²) in [5.41, 5.74) is 9.55. The molecule has 0 aliphatic heterocycles. The molecule has 3 N–H and O–H groups in total. The largest absolute Gasteiger partial charge is 0.481 e. The third kappa shape index (κ3) is 5.33. The van der Waals surface area contributed by atoms with Crippen molar-refractivity contribution in [1.82, 2.24) is 0 Å². The minimum atomic E-state index is -0.770. The molecule has 0 bridgehead atoms. The molecule has 0 aromatic heterocycles. The highest BCUT2D eigenvalue weighted by molar-refractivity contribution is 5.70. The molecule has 0 aliphatic carbocycles. The van der Waals surface area contributed by atoms with Crippen LogP contribution in [0.4, 0.5) is 0 Å². The first-order valence-electron chi connectivity index (χ1n) is 7.43. The van der Waals surface area contributed by atoms with Crippen molar-refractivity contribution in [1.29, 1.82) is 0 Å². The SMILES string of the molecule is Cc1ccc(C)c(CCCC(C)CC(CN)C(=O)O)c1. The molecule has 1 rings (SSSR count). The Morgan fingerprint density at radius 3 is 2.65 bits per heavy atom. The number of aliphatic carboxylic acids is 1. The van der Waals surface area contributed by atoms with Gasteiger partial charge in [0.15, 0.2) is 0 Å². The molecule has 3 nitrogen and oxygen atoms in total. The first-order valence-corrected chi connectivity index (χ1v) is 7.43. The Morgan fingerprint density at radius 2 is 2.05 bits per heavy atom. The van der Waals surface area contributed by atoms with E-state index in [0.29, 0.717) is 12.3 Å². The fourth-order valence-electron chi connectivity index (χ4n) is 2.61. The Labute approximate surface area is 122 Å². The molecule has 0 saturated heterocycles. The Hall–Kier alpha value is -1.35. The highest BCUT2D eigenvalue weighted by Crippen LogP contribution is 2.20. The van der Waals surface area contributed by atoms with Crippen molar-refractivity contribution in [3.63, 3.8) is 0 Å². The third-order valence-electron chi connectivity index (χ3n) is 3.97. The molecule has 0 radical (unpaired) electrons. The zero-order valence-electron chi connectivity index (χ0n) is 12.9. The third-order valence-corrected chi connectivity index (χ3v) is 3.97. The minimum absolute atomic E-state index is 0.233. The summed E-state index contributed by atoms with van der Waals surface area (Å²) in [7, 11) is 0. The van der Waals surface area contributed by atoms with Gasteiger partial charge in [0.2, 0.25) is 0 Å². The van der Waals surface area contributed by atoms with Crippen LogP contribution in [0.2, 0.25) is 0 Å². The van der Waals surface area contributed by atoms with Crippen LogP contribution in [0.1, 0.15) is 42.9 Å². The molecule has 0 amide bonds. The number of hydrogen-bond acceptors (Lipinski definition) is 2. The Kier molecular flexibility index (Phi) is 6.73. The molecular weight excluding hydrogens is 250 g/mol. The van der Waals surface area contributed by atoms with E-state index in [4.69, 9.17) is 10.8 Å². The van der Waals surface area contributed by atoms with Crippen LogP contribution in [0, 0.1) is 25.7 Å². The van der Waals surface area contributed by atoms with Crippen molar-refractivity contribution in [3.05, 3.63) is 34.9 Å². The number of benzene rings is 1. The standard InChI is InChI=1S/C17H27NO2/c1-12(10-16(11-18)17(19)20)5-4-6-15-9-13(2)7-8-14(15)3/h7-9,12,16H,4-6,10-11,18H2,1-3H3,(H,19,20). The highest BCUT2D eigenvalue weighted by atomic mass is 16.4. The molecule has 2 atom stereocenters. The molecule has 0 aliphatic rings. The maximum absolute atomic E-state index is 11.0. The molecule has 112 valence electrons. The lowest BCUT2D eigenvalue weighted by Gasteiger charge is -2.16. The topological polar surface area (TPSA) is 63.3 Å². The molecule has 2 unspecified atom stereocenters. The molecule has 3 heteroatoms. The van der Waals surface area contributed by atoms with Crippen molar-refractivity contribution < 1.29 is 9.90 Å². The Bertz CT molecular complexity index is 443. The number of hydrogen-bond donors (Lipinski definition) is 2.